The molecule has 0 aliphatic rings. The number of carbonyl (C=O) groups excluding carboxylic acids is 2. The second-order valence-electron chi connectivity index (χ2n) is 5.41. The van der Waals surface area contributed by atoms with Crippen molar-refractivity contribution in [1.29, 1.82) is 0 Å². The summed E-state index contributed by atoms with van der Waals surface area (Å²) in [6.45, 7) is -0.324. The molecule has 4 nitrogen and oxygen atoms in total. The van der Waals surface area contributed by atoms with Crippen LogP contribution >= 0.6 is 27.5 Å². The first kappa shape index (κ1) is 20.3. The summed E-state index contributed by atoms with van der Waals surface area (Å²) in [4.78, 5) is 25.5. The van der Waals surface area contributed by atoms with Gasteiger partial charge in [-0.2, -0.15) is 13.2 Å². The molecule has 26 heavy (non-hydrogen) atoms. The number of carbonyl (C=O) groups is 2. The summed E-state index contributed by atoms with van der Waals surface area (Å²) in [5, 5.41) is 1.87. The van der Waals surface area contributed by atoms with E-state index in [0.717, 1.165) is 17.0 Å². The number of alkyl halides is 3. The number of nitrogens with zero attached hydrogens (tertiary/aromatic N) is 1. The van der Waals surface area contributed by atoms with Crippen LogP contribution in [0.5, 0.6) is 0 Å². The molecule has 2 amide bonds. The van der Waals surface area contributed by atoms with Crippen LogP contribution in [0.15, 0.2) is 46.9 Å². The standard InChI is InChI=1S/C17H13BrClF3N2O2/c1-24(16(26)10-3-2-4-11(18)7-10)9-15(25)23-12-5-6-14(19)13(8-12)17(20,21)22/h2-8H,9H2,1H3,(H,23,25). The zero-order valence-electron chi connectivity index (χ0n) is 13.4. The van der Waals surface area contributed by atoms with Crippen LogP contribution in [0.1, 0.15) is 15.9 Å². The minimum absolute atomic E-state index is 0.0602. The van der Waals surface area contributed by atoms with Crippen LogP contribution in [0.2, 0.25) is 5.02 Å². The first-order valence-corrected chi connectivity index (χ1v) is 8.42. The molecule has 138 valence electrons. The molecule has 0 aliphatic carbocycles. The molecule has 9 heteroatoms. The van der Waals surface area contributed by atoms with Crippen molar-refractivity contribution in [2.45, 2.75) is 6.18 Å². The average molecular weight is 450 g/mol. The van der Waals surface area contributed by atoms with Gasteiger partial charge >= 0.3 is 6.18 Å². The lowest BCUT2D eigenvalue weighted by molar-refractivity contribution is -0.137. The fourth-order valence-corrected chi connectivity index (χ4v) is 2.77. The number of amides is 2. The molecule has 2 aromatic carbocycles. The Morgan fingerprint density at radius 2 is 1.88 bits per heavy atom. The van der Waals surface area contributed by atoms with Crippen LogP contribution < -0.4 is 5.32 Å². The van der Waals surface area contributed by atoms with Crippen molar-refractivity contribution < 1.29 is 22.8 Å². The molecule has 0 aliphatic heterocycles. The predicted molar refractivity (Wildman–Crippen MR) is 96.2 cm³/mol. The van der Waals surface area contributed by atoms with Gasteiger partial charge in [0.25, 0.3) is 5.91 Å². The Balaban J connectivity index is 2.05. The van der Waals surface area contributed by atoms with Crippen LogP contribution in [0.4, 0.5) is 18.9 Å². The molecule has 2 aromatic rings. The third-order valence-corrected chi connectivity index (χ3v) is 4.18. The van der Waals surface area contributed by atoms with Crippen molar-refractivity contribution in [2.75, 3.05) is 18.9 Å². The van der Waals surface area contributed by atoms with E-state index in [1.165, 1.54) is 13.1 Å². The maximum Gasteiger partial charge on any atom is 0.417 e. The van der Waals surface area contributed by atoms with E-state index < -0.39 is 28.6 Å². The molecular formula is C17H13BrClF3N2O2. The highest BCUT2D eigenvalue weighted by Crippen LogP contribution is 2.36. The summed E-state index contributed by atoms with van der Waals surface area (Å²) in [5.74, 6) is -1.03. The molecule has 0 radical (unpaired) electrons. The van der Waals surface area contributed by atoms with Crippen molar-refractivity contribution in [1.82, 2.24) is 4.90 Å². The molecule has 0 saturated heterocycles. The lowest BCUT2D eigenvalue weighted by Crippen LogP contribution is -2.35. The normalized spacial score (nSPS) is 11.2. The first-order chi connectivity index (χ1) is 12.1. The molecular weight excluding hydrogens is 437 g/mol. The molecule has 0 atom stereocenters. The van der Waals surface area contributed by atoms with Gasteiger partial charge in [-0.15, -0.1) is 0 Å². The van der Waals surface area contributed by atoms with Gasteiger partial charge in [-0.05, 0) is 36.4 Å². The Bertz CT molecular complexity index is 843. The Hall–Kier alpha value is -2.06. The highest BCUT2D eigenvalue weighted by atomic mass is 79.9. The minimum atomic E-state index is -4.63. The molecule has 0 saturated carbocycles. The maximum atomic E-state index is 12.8. The number of hydrogen-bond acceptors (Lipinski definition) is 2. The lowest BCUT2D eigenvalue weighted by atomic mass is 10.2. The second kappa shape index (κ2) is 8.09. The lowest BCUT2D eigenvalue weighted by Gasteiger charge is -2.17. The predicted octanol–water partition coefficient (Wildman–Crippen LogP) is 4.83. The molecule has 1 N–H and O–H groups in total. The van der Waals surface area contributed by atoms with Crippen molar-refractivity contribution in [2.24, 2.45) is 0 Å². The van der Waals surface area contributed by atoms with E-state index >= 15 is 0 Å². The van der Waals surface area contributed by atoms with Crippen molar-refractivity contribution in [3.63, 3.8) is 0 Å². The second-order valence-corrected chi connectivity index (χ2v) is 6.73. The summed E-state index contributed by atoms with van der Waals surface area (Å²) < 4.78 is 39.3. The van der Waals surface area contributed by atoms with Gasteiger partial charge in [0, 0.05) is 22.8 Å². The largest absolute Gasteiger partial charge is 0.417 e. The highest BCUT2D eigenvalue weighted by Gasteiger charge is 2.33. The topological polar surface area (TPSA) is 49.4 Å². The van der Waals surface area contributed by atoms with E-state index in [4.69, 9.17) is 11.6 Å². The van der Waals surface area contributed by atoms with Crippen molar-refractivity contribution in [3.05, 3.63) is 63.1 Å². The average Bonchev–Trinajstić information content (AvgIpc) is 2.54. The van der Waals surface area contributed by atoms with Crippen LogP contribution in [0.25, 0.3) is 0 Å². The van der Waals surface area contributed by atoms with E-state index in [9.17, 15) is 22.8 Å². The number of anilines is 1. The Kier molecular flexibility index (Phi) is 6.30. The zero-order chi connectivity index (χ0) is 19.5. The number of benzene rings is 2. The van der Waals surface area contributed by atoms with Gasteiger partial charge in [-0.25, -0.2) is 0 Å². The molecule has 0 bridgehead atoms. The molecule has 0 aromatic heterocycles. The number of rotatable bonds is 4. The molecule has 0 heterocycles. The van der Waals surface area contributed by atoms with Gasteiger partial charge in [0.15, 0.2) is 0 Å². The number of hydrogen-bond donors (Lipinski definition) is 1. The summed E-state index contributed by atoms with van der Waals surface area (Å²) >= 11 is 8.78. The van der Waals surface area contributed by atoms with Gasteiger partial charge in [0.2, 0.25) is 5.91 Å². The quantitative estimate of drug-likeness (QED) is 0.727. The Labute approximate surface area is 161 Å². The Morgan fingerprint density at radius 1 is 1.19 bits per heavy atom. The Morgan fingerprint density at radius 3 is 2.50 bits per heavy atom. The first-order valence-electron chi connectivity index (χ1n) is 7.25. The van der Waals surface area contributed by atoms with Crippen molar-refractivity contribution in [3.8, 4) is 0 Å². The fourth-order valence-electron chi connectivity index (χ4n) is 2.15. The van der Waals surface area contributed by atoms with E-state index in [-0.39, 0.29) is 12.2 Å². The van der Waals surface area contributed by atoms with Crippen LogP contribution in [0.3, 0.4) is 0 Å². The van der Waals surface area contributed by atoms with Gasteiger partial charge < -0.3 is 10.2 Å². The van der Waals surface area contributed by atoms with Crippen LogP contribution in [-0.2, 0) is 11.0 Å². The van der Waals surface area contributed by atoms with Gasteiger partial charge in [-0.3, -0.25) is 9.59 Å². The van der Waals surface area contributed by atoms with Gasteiger partial charge in [0.1, 0.15) is 0 Å². The molecule has 0 unspecified atom stereocenters. The summed E-state index contributed by atoms with van der Waals surface area (Å²) in [7, 11) is 1.42. The van der Waals surface area contributed by atoms with Crippen molar-refractivity contribution >= 4 is 45.0 Å². The zero-order valence-corrected chi connectivity index (χ0v) is 15.7. The fraction of sp³-hybridized carbons (Fsp3) is 0.176. The maximum absolute atomic E-state index is 12.8. The number of likely N-dealkylation sites (N-methyl/N-ethyl adjacent to an activating group) is 1. The summed E-state index contributed by atoms with van der Waals surface area (Å²) in [6, 6.07) is 9.68. The molecule has 2 rings (SSSR count). The number of halogens is 5. The van der Waals surface area contributed by atoms with Gasteiger partial charge in [-0.1, -0.05) is 33.6 Å². The monoisotopic (exact) mass is 448 g/mol. The SMILES string of the molecule is CN(CC(=O)Nc1ccc(Cl)c(C(F)(F)F)c1)C(=O)c1cccc(Br)c1. The van der Waals surface area contributed by atoms with E-state index in [1.807, 2.05) is 0 Å². The minimum Gasteiger partial charge on any atom is -0.332 e. The highest BCUT2D eigenvalue weighted by molar-refractivity contribution is 9.10. The van der Waals surface area contributed by atoms with E-state index in [0.29, 0.717) is 10.0 Å². The van der Waals surface area contributed by atoms with Crippen LogP contribution in [0, 0.1) is 0 Å². The molecule has 0 fully saturated rings. The number of nitrogens with one attached hydrogen (secondary N) is 1. The summed E-state index contributed by atoms with van der Waals surface area (Å²) in [6.07, 6.45) is -4.63. The third-order valence-electron chi connectivity index (χ3n) is 3.35. The van der Waals surface area contributed by atoms with E-state index in [1.54, 1.807) is 24.3 Å². The van der Waals surface area contributed by atoms with Gasteiger partial charge in [0.05, 0.1) is 17.1 Å². The molecule has 0 spiro atoms. The third kappa shape index (κ3) is 5.22. The van der Waals surface area contributed by atoms with E-state index in [2.05, 4.69) is 21.2 Å². The van der Waals surface area contributed by atoms with Crippen LogP contribution in [-0.4, -0.2) is 30.3 Å². The smallest absolute Gasteiger partial charge is 0.332 e. The summed E-state index contributed by atoms with van der Waals surface area (Å²) in [5.41, 5.74) is -0.730.